The number of hydrogen-bond donors (Lipinski definition) is 2. The summed E-state index contributed by atoms with van der Waals surface area (Å²) < 4.78 is 0. The van der Waals surface area contributed by atoms with Crippen molar-refractivity contribution in [2.45, 2.75) is 6.92 Å². The Kier molecular flexibility index (Phi) is 3.74. The molecule has 5 heteroatoms. The predicted octanol–water partition coefficient (Wildman–Crippen LogP) is 4.04. The number of hydrogen-bond acceptors (Lipinski definition) is 4. The molecule has 25 heavy (non-hydrogen) atoms. The van der Waals surface area contributed by atoms with E-state index in [0.29, 0.717) is 11.5 Å². The van der Waals surface area contributed by atoms with Crippen LogP contribution < -0.4 is 11.0 Å². The fourth-order valence-corrected chi connectivity index (χ4v) is 2.82. The average Bonchev–Trinajstić information content (AvgIpc) is 2.62. The first-order valence-corrected chi connectivity index (χ1v) is 7.98. The molecule has 122 valence electrons. The van der Waals surface area contributed by atoms with E-state index in [1.165, 1.54) is 5.56 Å². The molecule has 0 radical (unpaired) electrons. The van der Waals surface area contributed by atoms with Gasteiger partial charge in [-0.3, -0.25) is 4.98 Å². The van der Waals surface area contributed by atoms with Crippen molar-refractivity contribution in [3.8, 4) is 11.1 Å². The summed E-state index contributed by atoms with van der Waals surface area (Å²) in [6, 6.07) is 20.1. The number of aromatic amines is 1. The first-order chi connectivity index (χ1) is 12.2. The van der Waals surface area contributed by atoms with E-state index in [2.05, 4.69) is 57.5 Å². The van der Waals surface area contributed by atoms with Crippen LogP contribution in [0.4, 0.5) is 11.5 Å². The molecule has 2 aromatic carbocycles. The summed E-state index contributed by atoms with van der Waals surface area (Å²) in [5.41, 5.74) is 4.34. The summed E-state index contributed by atoms with van der Waals surface area (Å²) in [5.74, 6) is 0.587. The van der Waals surface area contributed by atoms with Gasteiger partial charge in [0.1, 0.15) is 5.82 Å². The summed E-state index contributed by atoms with van der Waals surface area (Å²) >= 11 is 0. The molecule has 0 aliphatic rings. The van der Waals surface area contributed by atoms with E-state index in [-0.39, 0.29) is 0 Å². The summed E-state index contributed by atoms with van der Waals surface area (Å²) in [4.78, 5) is 22.6. The Morgan fingerprint density at radius 3 is 2.60 bits per heavy atom. The lowest BCUT2D eigenvalue weighted by Gasteiger charge is -2.10. The van der Waals surface area contributed by atoms with Crippen molar-refractivity contribution < 1.29 is 0 Å². The topological polar surface area (TPSA) is 70.7 Å². The third-order valence-corrected chi connectivity index (χ3v) is 3.98. The third-order valence-electron chi connectivity index (χ3n) is 3.98. The van der Waals surface area contributed by atoms with Gasteiger partial charge in [0.2, 0.25) is 0 Å². The molecule has 0 aliphatic carbocycles. The van der Waals surface area contributed by atoms with Crippen LogP contribution in [0.2, 0.25) is 0 Å². The fourth-order valence-electron chi connectivity index (χ4n) is 2.82. The summed E-state index contributed by atoms with van der Waals surface area (Å²) in [7, 11) is 0. The van der Waals surface area contributed by atoms with Crippen molar-refractivity contribution in [3.05, 3.63) is 82.9 Å². The van der Waals surface area contributed by atoms with Crippen LogP contribution in [0, 0.1) is 6.92 Å². The molecule has 0 aliphatic heterocycles. The van der Waals surface area contributed by atoms with Gasteiger partial charge >= 0.3 is 5.69 Å². The van der Waals surface area contributed by atoms with Gasteiger partial charge in [0.05, 0.1) is 5.39 Å². The van der Waals surface area contributed by atoms with E-state index < -0.39 is 5.69 Å². The van der Waals surface area contributed by atoms with Crippen LogP contribution in [0.3, 0.4) is 0 Å². The van der Waals surface area contributed by atoms with Crippen LogP contribution in [-0.2, 0) is 0 Å². The van der Waals surface area contributed by atoms with E-state index >= 15 is 0 Å². The first kappa shape index (κ1) is 15.1. The van der Waals surface area contributed by atoms with Crippen LogP contribution >= 0.6 is 0 Å². The molecule has 2 aromatic heterocycles. The summed E-state index contributed by atoms with van der Waals surface area (Å²) in [5, 5.41) is 4.04. The Bertz CT molecular complexity index is 1120. The Morgan fingerprint density at radius 2 is 1.76 bits per heavy atom. The molecule has 0 amide bonds. The molecule has 2 heterocycles. The van der Waals surface area contributed by atoms with Gasteiger partial charge in [-0.15, -0.1) is 0 Å². The highest BCUT2D eigenvalue weighted by Crippen LogP contribution is 2.26. The Labute approximate surface area is 144 Å². The Balaban J connectivity index is 1.75. The minimum absolute atomic E-state index is 0.420. The smallest absolute Gasteiger partial charge is 0.341 e. The van der Waals surface area contributed by atoms with Gasteiger partial charge in [0.25, 0.3) is 0 Å². The first-order valence-electron chi connectivity index (χ1n) is 7.98. The second-order valence-corrected chi connectivity index (χ2v) is 5.87. The molecule has 5 nitrogen and oxygen atoms in total. The van der Waals surface area contributed by atoms with Gasteiger partial charge < -0.3 is 5.32 Å². The SMILES string of the molecule is Cc1cccc(-c2cccc(Nc3[nH]c(=O)nc4ncccc34)c2)c1. The molecule has 2 N–H and O–H groups in total. The van der Waals surface area contributed by atoms with Crippen LogP contribution in [0.25, 0.3) is 22.2 Å². The van der Waals surface area contributed by atoms with Crippen LogP contribution in [0.5, 0.6) is 0 Å². The monoisotopic (exact) mass is 328 g/mol. The maximum atomic E-state index is 11.8. The zero-order chi connectivity index (χ0) is 17.2. The molecule has 0 fully saturated rings. The lowest BCUT2D eigenvalue weighted by molar-refractivity contribution is 1.10. The highest BCUT2D eigenvalue weighted by molar-refractivity contribution is 5.88. The van der Waals surface area contributed by atoms with Crippen molar-refractivity contribution in [2.75, 3.05) is 5.32 Å². The number of aryl methyl sites for hydroxylation is 1. The van der Waals surface area contributed by atoms with Crippen molar-refractivity contribution in [1.29, 1.82) is 0 Å². The van der Waals surface area contributed by atoms with E-state index in [9.17, 15) is 4.79 Å². The molecule has 0 unspecified atom stereocenters. The average molecular weight is 328 g/mol. The molecule has 0 spiro atoms. The van der Waals surface area contributed by atoms with E-state index in [1.54, 1.807) is 6.20 Å². The quantitative estimate of drug-likeness (QED) is 0.595. The molecule has 0 atom stereocenters. The van der Waals surface area contributed by atoms with Gasteiger partial charge in [-0.05, 0) is 42.3 Å². The van der Waals surface area contributed by atoms with E-state index in [1.807, 2.05) is 30.3 Å². The molecule has 0 bridgehead atoms. The second kappa shape index (κ2) is 6.20. The Hall–Kier alpha value is -3.47. The maximum Gasteiger partial charge on any atom is 0.348 e. The largest absolute Gasteiger partial charge is 0.348 e. The Morgan fingerprint density at radius 1 is 0.960 bits per heavy atom. The van der Waals surface area contributed by atoms with Crippen LogP contribution in [-0.4, -0.2) is 15.0 Å². The minimum Gasteiger partial charge on any atom is -0.341 e. The van der Waals surface area contributed by atoms with Crippen molar-refractivity contribution in [1.82, 2.24) is 15.0 Å². The fraction of sp³-hybridized carbons (Fsp3) is 0.0500. The van der Waals surface area contributed by atoms with Gasteiger partial charge in [-0.1, -0.05) is 42.0 Å². The standard InChI is InChI=1S/C20H16N4O/c1-13-5-2-6-14(11-13)15-7-3-8-16(12-15)22-19-17-9-4-10-21-18(17)23-20(25)24-19/h2-12H,1H3,(H2,21,22,23,24,25). The highest BCUT2D eigenvalue weighted by atomic mass is 16.1. The molecule has 4 rings (SSSR count). The van der Waals surface area contributed by atoms with Crippen molar-refractivity contribution in [3.63, 3.8) is 0 Å². The van der Waals surface area contributed by atoms with Crippen LogP contribution in [0.15, 0.2) is 71.7 Å². The van der Waals surface area contributed by atoms with Gasteiger partial charge in [0, 0.05) is 11.9 Å². The summed E-state index contributed by atoms with van der Waals surface area (Å²) in [6.07, 6.45) is 1.62. The zero-order valence-corrected chi connectivity index (χ0v) is 13.7. The van der Waals surface area contributed by atoms with Crippen LogP contribution in [0.1, 0.15) is 5.56 Å². The van der Waals surface area contributed by atoms with Gasteiger partial charge in [0.15, 0.2) is 5.65 Å². The lowest BCUT2D eigenvalue weighted by Crippen LogP contribution is -2.13. The molecule has 0 saturated carbocycles. The molecule has 4 aromatic rings. The number of rotatable bonds is 3. The van der Waals surface area contributed by atoms with Gasteiger partial charge in [-0.25, -0.2) is 9.78 Å². The number of nitrogens with one attached hydrogen (secondary N) is 2. The number of aromatic nitrogens is 3. The van der Waals surface area contributed by atoms with Gasteiger partial charge in [-0.2, -0.15) is 4.98 Å². The molecule has 0 saturated heterocycles. The minimum atomic E-state index is -0.427. The highest BCUT2D eigenvalue weighted by Gasteiger charge is 2.06. The van der Waals surface area contributed by atoms with E-state index in [0.717, 1.165) is 22.2 Å². The summed E-state index contributed by atoms with van der Waals surface area (Å²) in [6.45, 7) is 2.08. The number of pyridine rings is 1. The third kappa shape index (κ3) is 3.12. The number of fused-ring (bicyclic) bond motifs is 1. The van der Waals surface area contributed by atoms with E-state index in [4.69, 9.17) is 0 Å². The molecular formula is C20H16N4O. The second-order valence-electron chi connectivity index (χ2n) is 5.87. The number of benzene rings is 2. The van der Waals surface area contributed by atoms with Crippen molar-refractivity contribution in [2.24, 2.45) is 0 Å². The predicted molar refractivity (Wildman–Crippen MR) is 100 cm³/mol. The molecular weight excluding hydrogens is 312 g/mol. The number of anilines is 2. The number of H-pyrrole nitrogens is 1. The van der Waals surface area contributed by atoms with Crippen molar-refractivity contribution >= 4 is 22.5 Å². The number of nitrogens with zero attached hydrogens (tertiary/aromatic N) is 2. The normalized spacial score (nSPS) is 10.8. The maximum absolute atomic E-state index is 11.8. The zero-order valence-electron chi connectivity index (χ0n) is 13.7. The lowest BCUT2D eigenvalue weighted by atomic mass is 10.0.